The Hall–Kier alpha value is -0.280. The third-order valence-electron chi connectivity index (χ3n) is 2.77. The standard InChI is InChI=1S/C12H15Cl2NO/c13-11-2-1-9(5-12(11)14)6-15-7-10-3-4-16-8-10/h1-2,5,10,15H,3-4,6-8H2. The molecule has 88 valence electrons. The van der Waals surface area contributed by atoms with Gasteiger partial charge in [-0.05, 0) is 30.0 Å². The molecule has 1 atom stereocenters. The van der Waals surface area contributed by atoms with Crippen LogP contribution in [0.1, 0.15) is 12.0 Å². The third-order valence-corrected chi connectivity index (χ3v) is 3.51. The molecule has 2 nitrogen and oxygen atoms in total. The van der Waals surface area contributed by atoms with E-state index in [-0.39, 0.29) is 0 Å². The summed E-state index contributed by atoms with van der Waals surface area (Å²) >= 11 is 11.8. The van der Waals surface area contributed by atoms with Gasteiger partial charge >= 0.3 is 0 Å². The van der Waals surface area contributed by atoms with Gasteiger partial charge < -0.3 is 10.1 Å². The van der Waals surface area contributed by atoms with Crippen molar-refractivity contribution in [2.24, 2.45) is 5.92 Å². The Balaban J connectivity index is 1.78. The van der Waals surface area contributed by atoms with Gasteiger partial charge in [0.05, 0.1) is 16.7 Å². The smallest absolute Gasteiger partial charge is 0.0595 e. The average Bonchev–Trinajstić information content (AvgIpc) is 2.76. The van der Waals surface area contributed by atoms with E-state index in [0.29, 0.717) is 16.0 Å². The van der Waals surface area contributed by atoms with Crippen LogP contribution in [0.3, 0.4) is 0 Å². The molecule has 0 radical (unpaired) electrons. The van der Waals surface area contributed by atoms with Gasteiger partial charge in [-0.15, -0.1) is 0 Å². The van der Waals surface area contributed by atoms with Crippen LogP contribution in [-0.4, -0.2) is 19.8 Å². The van der Waals surface area contributed by atoms with Gasteiger partial charge in [-0.25, -0.2) is 0 Å². The monoisotopic (exact) mass is 259 g/mol. The summed E-state index contributed by atoms with van der Waals surface area (Å²) in [4.78, 5) is 0. The summed E-state index contributed by atoms with van der Waals surface area (Å²) in [5, 5.41) is 4.63. The van der Waals surface area contributed by atoms with Crippen LogP contribution in [-0.2, 0) is 11.3 Å². The van der Waals surface area contributed by atoms with E-state index in [1.807, 2.05) is 18.2 Å². The van der Waals surface area contributed by atoms with Crippen LogP contribution in [0.2, 0.25) is 10.0 Å². The SMILES string of the molecule is Clc1ccc(CNCC2CCOC2)cc1Cl. The van der Waals surface area contributed by atoms with Crippen LogP contribution in [0.4, 0.5) is 0 Å². The molecular weight excluding hydrogens is 245 g/mol. The lowest BCUT2D eigenvalue weighted by molar-refractivity contribution is 0.185. The van der Waals surface area contributed by atoms with E-state index in [9.17, 15) is 0 Å². The Kier molecular flexibility index (Phi) is 4.47. The van der Waals surface area contributed by atoms with Crippen molar-refractivity contribution in [2.45, 2.75) is 13.0 Å². The first-order valence-corrected chi connectivity index (χ1v) is 6.23. The highest BCUT2D eigenvalue weighted by Crippen LogP contribution is 2.22. The Labute approximate surface area is 106 Å². The minimum atomic E-state index is 0.606. The van der Waals surface area contributed by atoms with Crippen LogP contribution in [0, 0.1) is 5.92 Å². The summed E-state index contributed by atoms with van der Waals surface area (Å²) in [5.74, 6) is 0.655. The second-order valence-electron chi connectivity index (χ2n) is 4.11. The Bertz CT molecular complexity index is 351. The van der Waals surface area contributed by atoms with Gasteiger partial charge in [0, 0.05) is 19.7 Å². The van der Waals surface area contributed by atoms with E-state index in [4.69, 9.17) is 27.9 Å². The second-order valence-corrected chi connectivity index (χ2v) is 4.92. The van der Waals surface area contributed by atoms with Crippen molar-refractivity contribution in [3.8, 4) is 0 Å². The number of hydrogen-bond donors (Lipinski definition) is 1. The van der Waals surface area contributed by atoms with E-state index in [1.54, 1.807) is 0 Å². The first kappa shape index (κ1) is 12.2. The zero-order valence-electron chi connectivity index (χ0n) is 9.01. The van der Waals surface area contributed by atoms with Gasteiger partial charge in [-0.1, -0.05) is 29.3 Å². The van der Waals surface area contributed by atoms with Crippen LogP contribution in [0.5, 0.6) is 0 Å². The number of halogens is 2. The molecule has 0 bridgehead atoms. The maximum atomic E-state index is 5.94. The molecule has 1 aromatic rings. The maximum absolute atomic E-state index is 5.94. The van der Waals surface area contributed by atoms with Gasteiger partial charge in [0.15, 0.2) is 0 Å². The van der Waals surface area contributed by atoms with E-state index in [1.165, 1.54) is 0 Å². The summed E-state index contributed by atoms with van der Waals surface area (Å²) in [6.45, 7) is 3.61. The Morgan fingerprint density at radius 1 is 1.31 bits per heavy atom. The molecule has 1 saturated heterocycles. The van der Waals surface area contributed by atoms with E-state index < -0.39 is 0 Å². The molecule has 0 amide bonds. The summed E-state index contributed by atoms with van der Waals surface area (Å²) in [5.41, 5.74) is 1.16. The molecule has 1 heterocycles. The van der Waals surface area contributed by atoms with Gasteiger partial charge in [-0.3, -0.25) is 0 Å². The highest BCUT2D eigenvalue weighted by Gasteiger charge is 2.14. The molecule has 16 heavy (non-hydrogen) atoms. The van der Waals surface area contributed by atoms with Gasteiger partial charge in [0.1, 0.15) is 0 Å². The molecule has 0 spiro atoms. The van der Waals surface area contributed by atoms with Crippen LogP contribution in [0.25, 0.3) is 0 Å². The van der Waals surface area contributed by atoms with Gasteiger partial charge in [0.2, 0.25) is 0 Å². The lowest BCUT2D eigenvalue weighted by Gasteiger charge is -2.09. The predicted molar refractivity (Wildman–Crippen MR) is 67.1 cm³/mol. The zero-order valence-corrected chi connectivity index (χ0v) is 10.5. The first-order chi connectivity index (χ1) is 7.75. The molecule has 4 heteroatoms. The Morgan fingerprint density at radius 2 is 2.19 bits per heavy atom. The fraction of sp³-hybridized carbons (Fsp3) is 0.500. The summed E-state index contributed by atoms with van der Waals surface area (Å²) < 4.78 is 5.32. The maximum Gasteiger partial charge on any atom is 0.0595 e. The molecule has 0 saturated carbocycles. The number of nitrogens with one attached hydrogen (secondary N) is 1. The molecular formula is C12H15Cl2NO. The largest absolute Gasteiger partial charge is 0.381 e. The molecule has 1 fully saturated rings. The fourth-order valence-corrected chi connectivity index (χ4v) is 2.14. The molecule has 1 aliphatic rings. The Morgan fingerprint density at radius 3 is 2.88 bits per heavy atom. The van der Waals surface area contributed by atoms with Gasteiger partial charge in [-0.2, -0.15) is 0 Å². The van der Waals surface area contributed by atoms with Crippen LogP contribution in [0.15, 0.2) is 18.2 Å². The van der Waals surface area contributed by atoms with Crippen molar-refractivity contribution in [2.75, 3.05) is 19.8 Å². The van der Waals surface area contributed by atoms with E-state index in [0.717, 1.165) is 38.3 Å². The van der Waals surface area contributed by atoms with E-state index in [2.05, 4.69) is 5.32 Å². The second kappa shape index (κ2) is 5.87. The van der Waals surface area contributed by atoms with Crippen molar-refractivity contribution in [1.82, 2.24) is 5.32 Å². The third kappa shape index (κ3) is 3.36. The number of rotatable bonds is 4. The topological polar surface area (TPSA) is 21.3 Å². The summed E-state index contributed by atoms with van der Waals surface area (Å²) in [7, 11) is 0. The number of ether oxygens (including phenoxy) is 1. The molecule has 1 N–H and O–H groups in total. The summed E-state index contributed by atoms with van der Waals surface area (Å²) in [6, 6.07) is 5.73. The van der Waals surface area contributed by atoms with Crippen LogP contribution < -0.4 is 5.32 Å². The fourth-order valence-electron chi connectivity index (χ4n) is 1.81. The highest BCUT2D eigenvalue weighted by molar-refractivity contribution is 6.42. The lowest BCUT2D eigenvalue weighted by atomic mass is 10.1. The van der Waals surface area contributed by atoms with Crippen molar-refractivity contribution in [1.29, 1.82) is 0 Å². The average molecular weight is 260 g/mol. The van der Waals surface area contributed by atoms with Crippen molar-refractivity contribution in [3.63, 3.8) is 0 Å². The van der Waals surface area contributed by atoms with Crippen molar-refractivity contribution < 1.29 is 4.74 Å². The minimum absolute atomic E-state index is 0.606. The molecule has 1 aliphatic heterocycles. The highest BCUT2D eigenvalue weighted by atomic mass is 35.5. The first-order valence-electron chi connectivity index (χ1n) is 5.48. The zero-order chi connectivity index (χ0) is 11.4. The predicted octanol–water partition coefficient (Wildman–Crippen LogP) is 3.12. The quantitative estimate of drug-likeness (QED) is 0.898. The molecule has 2 rings (SSSR count). The minimum Gasteiger partial charge on any atom is -0.381 e. The molecule has 1 unspecified atom stereocenters. The van der Waals surface area contributed by atoms with E-state index >= 15 is 0 Å². The molecule has 0 aliphatic carbocycles. The molecule has 1 aromatic carbocycles. The normalized spacial score (nSPS) is 20.2. The van der Waals surface area contributed by atoms with Crippen molar-refractivity contribution >= 4 is 23.2 Å². The van der Waals surface area contributed by atoms with Crippen LogP contribution >= 0.6 is 23.2 Å². The summed E-state index contributed by atoms with van der Waals surface area (Å²) in [6.07, 6.45) is 1.16. The number of benzene rings is 1. The van der Waals surface area contributed by atoms with Crippen molar-refractivity contribution in [3.05, 3.63) is 33.8 Å². The molecule has 0 aromatic heterocycles. The van der Waals surface area contributed by atoms with Gasteiger partial charge in [0.25, 0.3) is 0 Å². The lowest BCUT2D eigenvalue weighted by Crippen LogP contribution is -2.22. The number of hydrogen-bond acceptors (Lipinski definition) is 2.